The molecule has 2 N–H and O–H groups in total. The third kappa shape index (κ3) is 5.08. The van der Waals surface area contributed by atoms with E-state index in [0.29, 0.717) is 34.0 Å². The van der Waals surface area contributed by atoms with Gasteiger partial charge >= 0.3 is 11.9 Å². The lowest BCUT2D eigenvalue weighted by Gasteiger charge is -2.18. The highest BCUT2D eigenvalue weighted by Gasteiger charge is 2.32. The quantitative estimate of drug-likeness (QED) is 0.414. The molecule has 0 saturated heterocycles. The van der Waals surface area contributed by atoms with Gasteiger partial charge in [0, 0.05) is 50.0 Å². The average Bonchev–Trinajstić information content (AvgIpc) is 2.84. The van der Waals surface area contributed by atoms with Gasteiger partial charge in [-0.15, -0.1) is 0 Å². The van der Waals surface area contributed by atoms with Crippen molar-refractivity contribution in [3.8, 4) is 5.69 Å². The number of carbonyl (C=O) groups excluding carboxylic acids is 1. The van der Waals surface area contributed by atoms with E-state index in [-0.39, 0.29) is 16.9 Å². The number of hydrogen-bond donors (Lipinski definition) is 2. The van der Waals surface area contributed by atoms with Gasteiger partial charge in [0.25, 0.3) is 5.91 Å². The molecule has 0 aliphatic heterocycles. The molecular weight excluding hydrogens is 487 g/mol. The van der Waals surface area contributed by atoms with Crippen molar-refractivity contribution in [3.63, 3.8) is 0 Å². The van der Waals surface area contributed by atoms with E-state index in [2.05, 4.69) is 25.6 Å². The number of rotatable bonds is 5. The van der Waals surface area contributed by atoms with Crippen LogP contribution in [0, 0.1) is 13.8 Å². The van der Waals surface area contributed by atoms with Gasteiger partial charge in [-0.05, 0) is 49.7 Å². The molecule has 0 atom stereocenters. The number of aromatic nitrogens is 4. The van der Waals surface area contributed by atoms with Gasteiger partial charge in [-0.2, -0.15) is 23.1 Å². The Morgan fingerprint density at radius 3 is 2.43 bits per heavy atom. The van der Waals surface area contributed by atoms with Gasteiger partial charge in [0.2, 0.25) is 5.95 Å². The average molecular weight is 512 g/mol. The summed E-state index contributed by atoms with van der Waals surface area (Å²) in [4.78, 5) is 39.9. The number of benzene rings is 2. The van der Waals surface area contributed by atoms with E-state index in [4.69, 9.17) is 0 Å². The Bertz CT molecular complexity index is 1580. The Hall–Kier alpha value is -4.48. The Morgan fingerprint density at radius 1 is 1.05 bits per heavy atom. The van der Waals surface area contributed by atoms with Gasteiger partial charge in [-0.1, -0.05) is 6.07 Å². The second kappa shape index (κ2) is 9.52. The molecule has 12 heteroatoms. The normalized spacial score (nSPS) is 11.5. The second-order valence-electron chi connectivity index (χ2n) is 8.61. The summed E-state index contributed by atoms with van der Waals surface area (Å²) in [5, 5.41) is 6.00. The second-order valence-corrected chi connectivity index (χ2v) is 8.61. The van der Waals surface area contributed by atoms with Crippen molar-refractivity contribution in [1.29, 1.82) is 0 Å². The highest BCUT2D eigenvalue weighted by atomic mass is 19.4. The van der Waals surface area contributed by atoms with Gasteiger partial charge in [0.1, 0.15) is 0 Å². The maximum absolute atomic E-state index is 13.4. The van der Waals surface area contributed by atoms with Crippen molar-refractivity contribution >= 4 is 34.3 Å². The summed E-state index contributed by atoms with van der Waals surface area (Å²) in [7, 11) is 4.83. The van der Waals surface area contributed by atoms with Crippen LogP contribution in [0.15, 0.2) is 47.4 Å². The fourth-order valence-electron chi connectivity index (χ4n) is 3.82. The van der Waals surface area contributed by atoms with Crippen LogP contribution in [-0.4, -0.2) is 46.6 Å². The van der Waals surface area contributed by atoms with E-state index in [0.717, 1.165) is 12.1 Å². The maximum Gasteiger partial charge on any atom is 0.416 e. The molecule has 0 saturated carbocycles. The monoisotopic (exact) mass is 511 g/mol. The van der Waals surface area contributed by atoms with E-state index < -0.39 is 23.3 Å². The summed E-state index contributed by atoms with van der Waals surface area (Å²) in [6.07, 6.45) is -3.05. The van der Waals surface area contributed by atoms with Gasteiger partial charge in [0.15, 0.2) is 5.65 Å². The Kier molecular flexibility index (Phi) is 6.59. The van der Waals surface area contributed by atoms with Crippen LogP contribution in [0.3, 0.4) is 0 Å². The van der Waals surface area contributed by atoms with Gasteiger partial charge in [-0.25, -0.2) is 9.78 Å². The summed E-state index contributed by atoms with van der Waals surface area (Å²) in [6, 6.07) is 8.03. The number of aryl methyl sites for hydroxylation is 2. The van der Waals surface area contributed by atoms with Crippen LogP contribution in [0.25, 0.3) is 16.7 Å². The molecule has 0 radical (unpaired) electrons. The summed E-state index contributed by atoms with van der Waals surface area (Å²) in [6.45, 7) is 3.51. The molecular formula is C25H24F3N7O2. The molecule has 4 aromatic rings. The third-order valence-electron chi connectivity index (χ3n) is 5.84. The van der Waals surface area contributed by atoms with Crippen molar-refractivity contribution < 1.29 is 18.0 Å². The number of nitrogens with one attached hydrogen (secondary N) is 2. The number of hydrogen-bond acceptors (Lipinski definition) is 7. The van der Waals surface area contributed by atoms with E-state index >= 15 is 0 Å². The van der Waals surface area contributed by atoms with E-state index in [1.54, 1.807) is 59.4 Å². The summed E-state index contributed by atoms with van der Waals surface area (Å²) < 4.78 is 41.6. The largest absolute Gasteiger partial charge is 0.416 e. The number of amides is 1. The zero-order valence-electron chi connectivity index (χ0n) is 20.7. The Labute approximate surface area is 210 Å². The maximum atomic E-state index is 13.4. The molecule has 192 valence electrons. The number of nitrogens with zero attached hydrogens (tertiary/aromatic N) is 5. The van der Waals surface area contributed by atoms with Gasteiger partial charge in [-0.3, -0.25) is 9.36 Å². The Morgan fingerprint density at radius 2 is 1.78 bits per heavy atom. The van der Waals surface area contributed by atoms with Crippen LogP contribution >= 0.6 is 0 Å². The number of carbonyl (C=O) groups is 1. The number of anilines is 3. The molecule has 4 rings (SSSR count). The molecule has 9 nitrogen and oxygen atoms in total. The van der Waals surface area contributed by atoms with Gasteiger partial charge < -0.3 is 15.5 Å². The first-order valence-electron chi connectivity index (χ1n) is 11.1. The minimum atomic E-state index is -4.61. The first kappa shape index (κ1) is 25.6. The molecule has 0 aliphatic rings. The van der Waals surface area contributed by atoms with Crippen molar-refractivity contribution in [2.24, 2.45) is 0 Å². The highest BCUT2D eigenvalue weighted by Crippen LogP contribution is 2.33. The lowest BCUT2D eigenvalue weighted by molar-refractivity contribution is -0.137. The zero-order valence-corrected chi connectivity index (χ0v) is 20.7. The number of fused-ring (bicyclic) bond motifs is 1. The van der Waals surface area contributed by atoms with E-state index in [1.165, 1.54) is 15.5 Å². The van der Waals surface area contributed by atoms with Crippen molar-refractivity contribution in [1.82, 2.24) is 19.5 Å². The molecule has 0 aliphatic carbocycles. The van der Waals surface area contributed by atoms with Gasteiger partial charge in [0.05, 0.1) is 16.6 Å². The SMILES string of the molecule is CNc1ncc2c(C)n(-c3cc(NC(=O)c4cc(N(C)C)cc(C(F)(F)F)c4)ccc3C)c(=O)nc2n1. The first-order chi connectivity index (χ1) is 17.4. The Balaban J connectivity index is 1.75. The van der Waals surface area contributed by atoms with E-state index in [1.807, 2.05) is 0 Å². The fourth-order valence-corrected chi connectivity index (χ4v) is 3.82. The summed E-state index contributed by atoms with van der Waals surface area (Å²) in [5.41, 5.74) is 0.808. The smallest absolute Gasteiger partial charge is 0.378 e. The van der Waals surface area contributed by atoms with Crippen LogP contribution < -0.4 is 21.2 Å². The molecule has 2 aromatic heterocycles. The molecule has 0 fully saturated rings. The van der Waals surface area contributed by atoms with Crippen LogP contribution in [0.4, 0.5) is 30.5 Å². The van der Waals surface area contributed by atoms with Crippen molar-refractivity contribution in [3.05, 3.63) is 75.5 Å². The predicted octanol–water partition coefficient (Wildman–Crippen LogP) is 4.17. The van der Waals surface area contributed by atoms with Crippen molar-refractivity contribution in [2.45, 2.75) is 20.0 Å². The highest BCUT2D eigenvalue weighted by molar-refractivity contribution is 6.05. The molecule has 2 aromatic carbocycles. The molecule has 0 bridgehead atoms. The van der Waals surface area contributed by atoms with Crippen LogP contribution in [0.1, 0.15) is 27.2 Å². The molecule has 0 unspecified atom stereocenters. The fraction of sp³-hybridized carbons (Fsp3) is 0.240. The molecule has 0 spiro atoms. The molecule has 1 amide bonds. The third-order valence-corrected chi connectivity index (χ3v) is 5.84. The van der Waals surface area contributed by atoms with Crippen LogP contribution in [0.2, 0.25) is 0 Å². The lowest BCUT2D eigenvalue weighted by atomic mass is 10.1. The standard InChI is InChI=1S/C25H24F3N7O2/c1-13-6-7-17(31-22(36)15-8-16(25(26,27)28)10-18(9-15)34(4)5)11-20(13)35-14(2)19-12-30-23(29-3)32-21(19)33-24(35)37/h6-12H,1-5H3,(H,31,36)(H,29,32,33,37). The predicted molar refractivity (Wildman–Crippen MR) is 136 cm³/mol. The minimum absolute atomic E-state index is 0.154. The molecule has 37 heavy (non-hydrogen) atoms. The minimum Gasteiger partial charge on any atom is -0.378 e. The van der Waals surface area contributed by atoms with Crippen LogP contribution in [0.5, 0.6) is 0 Å². The van der Waals surface area contributed by atoms with Crippen molar-refractivity contribution in [2.75, 3.05) is 36.7 Å². The van der Waals surface area contributed by atoms with Crippen LogP contribution in [-0.2, 0) is 6.18 Å². The number of alkyl halides is 3. The summed E-state index contributed by atoms with van der Waals surface area (Å²) >= 11 is 0. The van der Waals surface area contributed by atoms with E-state index in [9.17, 15) is 22.8 Å². The lowest BCUT2D eigenvalue weighted by Crippen LogP contribution is -2.25. The number of halogens is 3. The molecule has 2 heterocycles. The zero-order chi connectivity index (χ0) is 27.1. The summed E-state index contributed by atoms with van der Waals surface area (Å²) in [5.74, 6) is -0.401. The first-order valence-corrected chi connectivity index (χ1v) is 11.1. The topological polar surface area (TPSA) is 105 Å².